The first-order valence-corrected chi connectivity index (χ1v) is 14.7. The topological polar surface area (TPSA) is 96.0 Å². The van der Waals surface area contributed by atoms with Crippen LogP contribution in [0.5, 0.6) is 5.75 Å². The molecular formula is C28H39N3O5S. The van der Waals surface area contributed by atoms with Crippen LogP contribution in [0.3, 0.4) is 0 Å². The molecule has 1 N–H and O–H groups in total. The number of benzene rings is 2. The Labute approximate surface area is 221 Å². The van der Waals surface area contributed by atoms with E-state index in [4.69, 9.17) is 4.74 Å². The van der Waals surface area contributed by atoms with E-state index >= 15 is 0 Å². The number of carbonyl (C=O) groups is 2. The Morgan fingerprint density at radius 3 is 2.35 bits per heavy atom. The maximum Gasteiger partial charge on any atom is 0.244 e. The molecule has 1 aliphatic carbocycles. The first-order valence-electron chi connectivity index (χ1n) is 12.8. The van der Waals surface area contributed by atoms with Crippen molar-refractivity contribution in [3.63, 3.8) is 0 Å². The van der Waals surface area contributed by atoms with Gasteiger partial charge >= 0.3 is 0 Å². The van der Waals surface area contributed by atoms with Gasteiger partial charge in [-0.1, -0.05) is 55.7 Å². The van der Waals surface area contributed by atoms with Crippen LogP contribution >= 0.6 is 0 Å². The lowest BCUT2D eigenvalue weighted by Crippen LogP contribution is -2.53. The molecule has 1 aliphatic rings. The van der Waals surface area contributed by atoms with Crippen molar-refractivity contribution in [3.05, 3.63) is 59.2 Å². The third-order valence-electron chi connectivity index (χ3n) is 6.81. The highest BCUT2D eigenvalue weighted by molar-refractivity contribution is 7.92. The van der Waals surface area contributed by atoms with E-state index in [1.54, 1.807) is 12.1 Å². The Balaban J connectivity index is 1.97. The second-order valence-corrected chi connectivity index (χ2v) is 11.8. The summed E-state index contributed by atoms with van der Waals surface area (Å²) in [7, 11) is -2.38. The van der Waals surface area contributed by atoms with Crippen LogP contribution in [-0.2, 0) is 26.2 Å². The Kier molecular flexibility index (Phi) is 9.59. The summed E-state index contributed by atoms with van der Waals surface area (Å²) in [4.78, 5) is 28.8. The lowest BCUT2D eigenvalue weighted by Gasteiger charge is -2.33. The Bertz CT molecular complexity index is 1210. The molecule has 0 aliphatic heterocycles. The van der Waals surface area contributed by atoms with Gasteiger partial charge in [0.15, 0.2) is 0 Å². The predicted molar refractivity (Wildman–Crippen MR) is 146 cm³/mol. The molecule has 3 rings (SSSR count). The minimum absolute atomic E-state index is 0.113. The summed E-state index contributed by atoms with van der Waals surface area (Å²) in [6.45, 7) is 5.43. The molecule has 0 heterocycles. The third kappa shape index (κ3) is 7.47. The van der Waals surface area contributed by atoms with Crippen molar-refractivity contribution in [2.24, 2.45) is 0 Å². The number of aryl methyl sites for hydroxylation is 2. The van der Waals surface area contributed by atoms with Gasteiger partial charge in [-0.3, -0.25) is 13.9 Å². The molecular weight excluding hydrogens is 490 g/mol. The number of amides is 2. The van der Waals surface area contributed by atoms with Crippen molar-refractivity contribution >= 4 is 27.5 Å². The summed E-state index contributed by atoms with van der Waals surface area (Å²) < 4.78 is 32.3. The highest BCUT2D eigenvalue weighted by Crippen LogP contribution is 2.31. The average Bonchev–Trinajstić information content (AvgIpc) is 3.34. The normalized spacial score (nSPS) is 14.7. The second kappa shape index (κ2) is 12.4. The van der Waals surface area contributed by atoms with E-state index in [2.05, 4.69) is 5.32 Å². The number of nitrogens with zero attached hydrogens (tertiary/aromatic N) is 2. The fourth-order valence-corrected chi connectivity index (χ4v) is 5.73. The molecule has 0 spiro atoms. The molecule has 9 heteroatoms. The molecule has 1 fully saturated rings. The van der Waals surface area contributed by atoms with Crippen molar-refractivity contribution in [2.75, 3.05) is 24.2 Å². The van der Waals surface area contributed by atoms with Gasteiger partial charge in [0.2, 0.25) is 21.8 Å². The maximum atomic E-state index is 13.9. The summed E-state index contributed by atoms with van der Waals surface area (Å²) in [5.41, 5.74) is 3.03. The number of ether oxygens (including phenoxy) is 1. The molecule has 37 heavy (non-hydrogen) atoms. The fraction of sp³-hybridized carbons (Fsp3) is 0.500. The van der Waals surface area contributed by atoms with E-state index in [1.807, 2.05) is 51.1 Å². The summed E-state index contributed by atoms with van der Waals surface area (Å²) in [5, 5.41) is 3.12. The number of rotatable bonds is 11. The Morgan fingerprint density at radius 2 is 1.76 bits per heavy atom. The molecule has 0 radical (unpaired) electrons. The molecule has 0 unspecified atom stereocenters. The first-order chi connectivity index (χ1) is 17.5. The van der Waals surface area contributed by atoms with Crippen molar-refractivity contribution in [1.29, 1.82) is 0 Å². The molecule has 2 aromatic rings. The van der Waals surface area contributed by atoms with E-state index in [0.717, 1.165) is 52.9 Å². The summed E-state index contributed by atoms with van der Waals surface area (Å²) >= 11 is 0. The molecule has 2 amide bonds. The van der Waals surface area contributed by atoms with Crippen LogP contribution in [-0.4, -0.2) is 57.1 Å². The van der Waals surface area contributed by atoms with Gasteiger partial charge in [-0.15, -0.1) is 0 Å². The van der Waals surface area contributed by atoms with Gasteiger partial charge in [-0.05, 0) is 56.4 Å². The lowest BCUT2D eigenvalue weighted by atomic mass is 10.1. The van der Waals surface area contributed by atoms with E-state index < -0.39 is 28.5 Å². The molecule has 1 saturated carbocycles. The smallest absolute Gasteiger partial charge is 0.244 e. The molecule has 0 saturated heterocycles. The Morgan fingerprint density at radius 1 is 1.08 bits per heavy atom. The molecule has 0 aromatic heterocycles. The maximum absolute atomic E-state index is 13.9. The molecule has 1 atom stereocenters. The SMILES string of the molecule is CC[C@H](C(=O)NC1CCCC1)N(Cc1cccc(C)c1)C(=O)CN(c1cc(C)ccc1OC)S(C)(=O)=O. The quantitative estimate of drug-likeness (QED) is 0.476. The monoisotopic (exact) mass is 529 g/mol. The zero-order valence-corrected chi connectivity index (χ0v) is 23.3. The van der Waals surface area contributed by atoms with E-state index in [1.165, 1.54) is 12.0 Å². The highest BCUT2D eigenvalue weighted by atomic mass is 32.2. The van der Waals surface area contributed by atoms with Gasteiger partial charge in [0, 0.05) is 12.6 Å². The summed E-state index contributed by atoms with van der Waals surface area (Å²) in [6.07, 6.45) is 5.50. The zero-order chi connectivity index (χ0) is 27.2. The van der Waals surface area contributed by atoms with Gasteiger partial charge in [0.05, 0.1) is 19.1 Å². The van der Waals surface area contributed by atoms with E-state index in [9.17, 15) is 18.0 Å². The number of sulfonamides is 1. The average molecular weight is 530 g/mol. The number of methoxy groups -OCH3 is 1. The lowest BCUT2D eigenvalue weighted by molar-refractivity contribution is -0.140. The molecule has 202 valence electrons. The molecule has 8 nitrogen and oxygen atoms in total. The number of hydrogen-bond donors (Lipinski definition) is 1. The van der Waals surface area contributed by atoms with Crippen molar-refractivity contribution in [2.45, 2.75) is 71.5 Å². The van der Waals surface area contributed by atoms with Gasteiger partial charge in [0.1, 0.15) is 18.3 Å². The van der Waals surface area contributed by atoms with Crippen LogP contribution < -0.4 is 14.4 Å². The van der Waals surface area contributed by atoms with Crippen molar-refractivity contribution in [1.82, 2.24) is 10.2 Å². The third-order valence-corrected chi connectivity index (χ3v) is 7.93. The minimum atomic E-state index is -3.84. The van der Waals surface area contributed by atoms with Gasteiger partial charge in [-0.25, -0.2) is 8.42 Å². The highest BCUT2D eigenvalue weighted by Gasteiger charge is 2.33. The first kappa shape index (κ1) is 28.5. The van der Waals surface area contributed by atoms with Crippen molar-refractivity contribution in [3.8, 4) is 5.75 Å². The second-order valence-electron chi connectivity index (χ2n) is 9.87. The van der Waals surface area contributed by atoms with Gasteiger partial charge in [0.25, 0.3) is 0 Å². The molecule has 2 aromatic carbocycles. The largest absolute Gasteiger partial charge is 0.495 e. The van der Waals surface area contributed by atoms with Crippen LogP contribution in [0.2, 0.25) is 0 Å². The summed E-state index contributed by atoms with van der Waals surface area (Å²) in [5.74, 6) is -0.307. The van der Waals surface area contributed by atoms with E-state index in [-0.39, 0.29) is 24.2 Å². The van der Waals surface area contributed by atoms with Crippen molar-refractivity contribution < 1.29 is 22.7 Å². The van der Waals surface area contributed by atoms with Crippen LogP contribution in [0.15, 0.2) is 42.5 Å². The number of anilines is 1. The molecule has 0 bridgehead atoms. The van der Waals surface area contributed by atoms with Crippen LogP contribution in [0, 0.1) is 13.8 Å². The van der Waals surface area contributed by atoms with Gasteiger partial charge in [-0.2, -0.15) is 0 Å². The van der Waals surface area contributed by atoms with Crippen LogP contribution in [0.4, 0.5) is 5.69 Å². The fourth-order valence-electron chi connectivity index (χ4n) is 4.88. The number of hydrogen-bond acceptors (Lipinski definition) is 5. The Hall–Kier alpha value is -3.07. The standard InChI is InChI=1S/C28H39N3O5S/c1-6-24(28(33)29-23-12-7-8-13-23)30(18-22-11-9-10-20(2)16-22)27(32)19-31(37(5,34)35)25-17-21(3)14-15-26(25)36-4/h9-11,14-17,23-24H,6-8,12-13,18-19H2,1-5H3,(H,29,33)/t24-/m1/s1. The predicted octanol–water partition coefficient (Wildman–Crippen LogP) is 3.94. The number of nitrogens with one attached hydrogen (secondary N) is 1. The van der Waals surface area contributed by atoms with E-state index in [0.29, 0.717) is 12.2 Å². The summed E-state index contributed by atoms with van der Waals surface area (Å²) in [6, 6.07) is 12.3. The van der Waals surface area contributed by atoms with Crippen LogP contribution in [0.1, 0.15) is 55.7 Å². The zero-order valence-electron chi connectivity index (χ0n) is 22.5. The minimum Gasteiger partial charge on any atom is -0.495 e. The number of carbonyl (C=O) groups excluding carboxylic acids is 2. The van der Waals surface area contributed by atoms with Gasteiger partial charge < -0.3 is 15.0 Å². The van der Waals surface area contributed by atoms with Crippen LogP contribution in [0.25, 0.3) is 0 Å².